The molecule has 166 valence electrons. The van der Waals surface area contributed by atoms with Gasteiger partial charge in [-0.3, -0.25) is 9.48 Å². The molecule has 11 heteroatoms. The number of hydrogen-bond donors (Lipinski definition) is 1. The normalized spacial score (nSPS) is 11.6. The summed E-state index contributed by atoms with van der Waals surface area (Å²) in [5.74, 6) is 0.381. The zero-order chi connectivity index (χ0) is 22.6. The molecule has 0 saturated carbocycles. The summed E-state index contributed by atoms with van der Waals surface area (Å²) in [5, 5.41) is 7.30. The van der Waals surface area contributed by atoms with Gasteiger partial charge >= 0.3 is 0 Å². The molecule has 1 amide bonds. The minimum atomic E-state index is -3.69. The van der Waals surface area contributed by atoms with Crippen molar-refractivity contribution < 1.29 is 22.7 Å². The van der Waals surface area contributed by atoms with Crippen LogP contribution in [0.15, 0.2) is 17.0 Å². The highest BCUT2D eigenvalue weighted by atomic mass is 35.5. The maximum absolute atomic E-state index is 12.9. The average Bonchev–Trinajstić information content (AvgIpc) is 2.96. The fraction of sp³-hybridized carbons (Fsp3) is 0.474. The SMILES string of the molecule is CCN(CC)S(=O)(=O)c1c(C)nn(CC(=O)Nc2cc(Cl)c(OC)cc2OC)c1C. The number of nitrogens with one attached hydrogen (secondary N) is 1. The zero-order valence-electron chi connectivity index (χ0n) is 17.9. The summed E-state index contributed by atoms with van der Waals surface area (Å²) < 4.78 is 39.0. The third kappa shape index (κ3) is 4.71. The monoisotopic (exact) mass is 458 g/mol. The number of anilines is 1. The number of sulfonamides is 1. The quantitative estimate of drug-likeness (QED) is 0.619. The van der Waals surface area contributed by atoms with E-state index in [1.54, 1.807) is 33.8 Å². The number of methoxy groups -OCH3 is 2. The smallest absolute Gasteiger partial charge is 0.246 e. The molecule has 0 radical (unpaired) electrons. The summed E-state index contributed by atoms with van der Waals surface area (Å²) >= 11 is 6.14. The molecule has 0 bridgehead atoms. The second kappa shape index (κ2) is 9.67. The average molecular weight is 459 g/mol. The lowest BCUT2D eigenvalue weighted by atomic mass is 10.2. The van der Waals surface area contributed by atoms with E-state index in [4.69, 9.17) is 21.1 Å². The van der Waals surface area contributed by atoms with Crippen molar-refractivity contribution in [2.24, 2.45) is 0 Å². The van der Waals surface area contributed by atoms with Gasteiger partial charge in [-0.05, 0) is 19.9 Å². The number of ether oxygens (including phenoxy) is 2. The molecule has 30 heavy (non-hydrogen) atoms. The second-order valence-electron chi connectivity index (χ2n) is 6.48. The van der Waals surface area contributed by atoms with Crippen LogP contribution < -0.4 is 14.8 Å². The van der Waals surface area contributed by atoms with Crippen molar-refractivity contribution in [2.45, 2.75) is 39.1 Å². The Hall–Kier alpha value is -2.30. The van der Waals surface area contributed by atoms with Gasteiger partial charge < -0.3 is 14.8 Å². The van der Waals surface area contributed by atoms with Crippen LogP contribution in [0.5, 0.6) is 11.5 Å². The molecule has 0 fully saturated rings. The summed E-state index contributed by atoms with van der Waals surface area (Å²) in [4.78, 5) is 12.8. The zero-order valence-corrected chi connectivity index (χ0v) is 19.5. The van der Waals surface area contributed by atoms with Crippen LogP contribution in [0.4, 0.5) is 5.69 Å². The van der Waals surface area contributed by atoms with Gasteiger partial charge in [0.1, 0.15) is 22.9 Å². The van der Waals surface area contributed by atoms with Gasteiger partial charge in [-0.1, -0.05) is 25.4 Å². The van der Waals surface area contributed by atoms with Crippen LogP contribution in [-0.4, -0.2) is 55.7 Å². The van der Waals surface area contributed by atoms with Crippen molar-refractivity contribution in [1.29, 1.82) is 0 Å². The Morgan fingerprint density at radius 2 is 1.77 bits per heavy atom. The largest absolute Gasteiger partial charge is 0.495 e. The maximum Gasteiger partial charge on any atom is 0.246 e. The highest BCUT2D eigenvalue weighted by molar-refractivity contribution is 7.89. The van der Waals surface area contributed by atoms with Crippen LogP contribution in [-0.2, 0) is 21.4 Å². The molecule has 9 nitrogen and oxygen atoms in total. The van der Waals surface area contributed by atoms with Crippen molar-refractivity contribution >= 4 is 33.2 Å². The Morgan fingerprint density at radius 3 is 2.30 bits per heavy atom. The first kappa shape index (κ1) is 24.0. The van der Waals surface area contributed by atoms with E-state index in [-0.39, 0.29) is 11.4 Å². The molecule has 0 saturated heterocycles. The summed E-state index contributed by atoms with van der Waals surface area (Å²) in [6, 6.07) is 3.09. The van der Waals surface area contributed by atoms with Gasteiger partial charge in [0.2, 0.25) is 15.9 Å². The standard InChI is InChI=1S/C19H27ClN4O5S/c1-7-23(8-2)30(26,27)19-12(3)22-24(13(19)4)11-18(25)21-15-9-14(20)16(28-5)10-17(15)29-6/h9-10H,7-8,11H2,1-6H3,(H,21,25). The third-order valence-corrected chi connectivity index (χ3v) is 7.26. The van der Waals surface area contributed by atoms with E-state index in [9.17, 15) is 13.2 Å². The number of carbonyl (C=O) groups excluding carboxylic acids is 1. The third-order valence-electron chi connectivity index (χ3n) is 4.66. The molecule has 0 aliphatic carbocycles. The fourth-order valence-electron chi connectivity index (χ4n) is 3.18. The number of aryl methyl sites for hydroxylation is 1. The molecule has 0 atom stereocenters. The second-order valence-corrected chi connectivity index (χ2v) is 8.76. The van der Waals surface area contributed by atoms with Crippen molar-refractivity contribution in [1.82, 2.24) is 14.1 Å². The number of halogens is 1. The van der Waals surface area contributed by atoms with Gasteiger partial charge in [0.15, 0.2) is 0 Å². The highest BCUT2D eigenvalue weighted by Crippen LogP contribution is 2.36. The van der Waals surface area contributed by atoms with Crippen LogP contribution in [0.2, 0.25) is 5.02 Å². The number of carbonyl (C=O) groups is 1. The molecule has 2 aromatic rings. The molecule has 1 aromatic carbocycles. The molecular formula is C19H27ClN4O5S. The maximum atomic E-state index is 12.9. The molecule has 1 aromatic heterocycles. The number of hydrogen-bond acceptors (Lipinski definition) is 6. The van der Waals surface area contributed by atoms with Gasteiger partial charge in [-0.2, -0.15) is 9.40 Å². The van der Waals surface area contributed by atoms with Crippen molar-refractivity contribution in [3.05, 3.63) is 28.5 Å². The molecule has 0 aliphatic heterocycles. The molecule has 1 heterocycles. The van der Waals surface area contributed by atoms with Gasteiger partial charge in [-0.25, -0.2) is 8.42 Å². The van der Waals surface area contributed by atoms with E-state index in [2.05, 4.69) is 10.4 Å². The highest BCUT2D eigenvalue weighted by Gasteiger charge is 2.29. The van der Waals surface area contributed by atoms with E-state index in [0.717, 1.165) is 0 Å². The lowest BCUT2D eigenvalue weighted by Gasteiger charge is -2.18. The Balaban J connectivity index is 2.30. The molecule has 0 unspecified atom stereocenters. The van der Waals surface area contributed by atoms with Crippen molar-refractivity contribution in [3.8, 4) is 11.5 Å². The number of amides is 1. The number of benzene rings is 1. The first-order valence-corrected chi connectivity index (χ1v) is 11.2. The van der Waals surface area contributed by atoms with E-state index < -0.39 is 15.9 Å². The van der Waals surface area contributed by atoms with Crippen LogP contribution in [0, 0.1) is 13.8 Å². The van der Waals surface area contributed by atoms with Gasteiger partial charge in [0.05, 0.1) is 36.3 Å². The van der Waals surface area contributed by atoms with Crippen molar-refractivity contribution in [2.75, 3.05) is 32.6 Å². The van der Waals surface area contributed by atoms with E-state index in [0.29, 0.717) is 46.7 Å². The summed E-state index contributed by atoms with van der Waals surface area (Å²) in [7, 11) is -0.754. The lowest BCUT2D eigenvalue weighted by Crippen LogP contribution is -2.31. The van der Waals surface area contributed by atoms with Crippen LogP contribution in [0.25, 0.3) is 0 Å². The molecule has 0 aliphatic rings. The molecule has 0 spiro atoms. The molecule has 1 N–H and O–H groups in total. The minimum absolute atomic E-state index is 0.129. The number of nitrogens with zero attached hydrogens (tertiary/aromatic N) is 3. The van der Waals surface area contributed by atoms with Crippen molar-refractivity contribution in [3.63, 3.8) is 0 Å². The van der Waals surface area contributed by atoms with Crippen LogP contribution in [0.3, 0.4) is 0 Å². The van der Waals surface area contributed by atoms with E-state index >= 15 is 0 Å². The minimum Gasteiger partial charge on any atom is -0.495 e. The van der Waals surface area contributed by atoms with E-state index in [1.807, 2.05) is 0 Å². The number of rotatable bonds is 9. The molecule has 2 rings (SSSR count). The Bertz CT molecular complexity index is 1030. The lowest BCUT2D eigenvalue weighted by molar-refractivity contribution is -0.117. The van der Waals surface area contributed by atoms with Gasteiger partial charge in [0, 0.05) is 19.2 Å². The van der Waals surface area contributed by atoms with E-state index in [1.165, 1.54) is 29.3 Å². The Labute approximate surface area is 182 Å². The Morgan fingerprint density at radius 1 is 1.17 bits per heavy atom. The molecular weight excluding hydrogens is 432 g/mol. The summed E-state index contributed by atoms with van der Waals surface area (Å²) in [6.07, 6.45) is 0. The predicted molar refractivity (Wildman–Crippen MR) is 115 cm³/mol. The van der Waals surface area contributed by atoms with Gasteiger partial charge in [0.25, 0.3) is 0 Å². The fourth-order valence-corrected chi connectivity index (χ4v) is 5.26. The summed E-state index contributed by atoms with van der Waals surface area (Å²) in [5.41, 5.74) is 1.11. The summed E-state index contributed by atoms with van der Waals surface area (Å²) in [6.45, 7) is 7.32. The first-order chi connectivity index (χ1) is 14.1. The Kier molecular flexibility index (Phi) is 7.73. The van der Waals surface area contributed by atoms with Crippen LogP contribution >= 0.6 is 11.6 Å². The topological polar surface area (TPSA) is 103 Å². The predicted octanol–water partition coefficient (Wildman–Crippen LogP) is 2.84. The van der Waals surface area contributed by atoms with Crippen LogP contribution in [0.1, 0.15) is 25.2 Å². The first-order valence-electron chi connectivity index (χ1n) is 9.36. The number of aromatic nitrogens is 2. The van der Waals surface area contributed by atoms with Gasteiger partial charge in [-0.15, -0.1) is 0 Å².